The van der Waals surface area contributed by atoms with E-state index in [1.54, 1.807) is 6.07 Å². The number of nitrogens with zero attached hydrogens (tertiary/aromatic N) is 2. The van der Waals surface area contributed by atoms with Crippen LogP contribution in [0.4, 0.5) is 15.8 Å². The summed E-state index contributed by atoms with van der Waals surface area (Å²) in [5.74, 6) is -0.308. The average molecular weight is 479 g/mol. The van der Waals surface area contributed by atoms with Gasteiger partial charge in [-0.25, -0.2) is 22.8 Å². The normalized spacial score (nSPS) is 11.0. The Morgan fingerprint density at radius 3 is 2.26 bits per heavy atom. The number of anilines is 2. The van der Waals surface area contributed by atoms with E-state index in [1.165, 1.54) is 31.6 Å². The molecule has 4 rings (SSSR count). The van der Waals surface area contributed by atoms with E-state index in [4.69, 9.17) is 4.74 Å². The van der Waals surface area contributed by atoms with Gasteiger partial charge in [-0.2, -0.15) is 0 Å². The minimum Gasteiger partial charge on any atom is -0.495 e. The lowest BCUT2D eigenvalue weighted by atomic mass is 10.2. The second kappa shape index (κ2) is 9.67. The van der Waals surface area contributed by atoms with Gasteiger partial charge in [-0.1, -0.05) is 30.3 Å². The molecule has 0 spiro atoms. The van der Waals surface area contributed by atoms with E-state index in [1.807, 2.05) is 30.3 Å². The van der Waals surface area contributed by atoms with Crippen LogP contribution in [0.15, 0.2) is 90.1 Å². The molecule has 8 nitrogen and oxygen atoms in total. The van der Waals surface area contributed by atoms with Crippen molar-refractivity contribution in [1.29, 1.82) is 0 Å². The second-order valence-corrected chi connectivity index (χ2v) is 8.77. The number of nitrogens with one attached hydrogen (secondary N) is 2. The van der Waals surface area contributed by atoms with Crippen LogP contribution in [0.25, 0.3) is 11.4 Å². The van der Waals surface area contributed by atoms with Gasteiger partial charge in [0.05, 0.1) is 23.3 Å². The first-order valence-electron chi connectivity index (χ1n) is 10.0. The Labute approximate surface area is 195 Å². The molecule has 1 amide bonds. The maximum Gasteiger partial charge on any atom is 0.262 e. The van der Waals surface area contributed by atoms with Crippen molar-refractivity contribution in [3.63, 3.8) is 0 Å². The summed E-state index contributed by atoms with van der Waals surface area (Å²) in [4.78, 5) is 21.0. The Morgan fingerprint density at radius 1 is 0.941 bits per heavy atom. The van der Waals surface area contributed by atoms with E-state index in [9.17, 15) is 17.6 Å². The van der Waals surface area contributed by atoms with Crippen LogP contribution < -0.4 is 14.8 Å². The first-order chi connectivity index (χ1) is 16.4. The molecule has 0 fully saturated rings. The zero-order valence-electron chi connectivity index (χ0n) is 17.9. The standard InChI is InChI=1S/C24H19FN4O4S/c1-33-22-12-9-19(13-21(22)29-34(31,32)20-10-7-18(25)8-11-20)28-24(30)17-14-26-23(27-15-17)16-5-3-2-4-6-16/h2-15,29H,1H3,(H,28,30). The number of hydrogen-bond donors (Lipinski definition) is 2. The van der Waals surface area contributed by atoms with Crippen molar-refractivity contribution in [2.24, 2.45) is 0 Å². The lowest BCUT2D eigenvalue weighted by Gasteiger charge is -2.14. The highest BCUT2D eigenvalue weighted by Gasteiger charge is 2.18. The summed E-state index contributed by atoms with van der Waals surface area (Å²) >= 11 is 0. The molecule has 1 heterocycles. The van der Waals surface area contributed by atoms with E-state index in [-0.39, 0.29) is 21.9 Å². The topological polar surface area (TPSA) is 110 Å². The fraction of sp³-hybridized carbons (Fsp3) is 0.0417. The maximum absolute atomic E-state index is 13.2. The van der Waals surface area contributed by atoms with Gasteiger partial charge in [0.25, 0.3) is 15.9 Å². The Balaban J connectivity index is 1.53. The number of carbonyl (C=O) groups excluding carboxylic acids is 1. The molecule has 0 atom stereocenters. The molecule has 0 aliphatic heterocycles. The van der Waals surface area contributed by atoms with Crippen molar-refractivity contribution < 1.29 is 22.3 Å². The summed E-state index contributed by atoms with van der Waals surface area (Å²) in [6, 6.07) is 18.2. The summed E-state index contributed by atoms with van der Waals surface area (Å²) < 4.78 is 46.2. The molecule has 0 saturated carbocycles. The fourth-order valence-electron chi connectivity index (χ4n) is 3.07. The zero-order valence-corrected chi connectivity index (χ0v) is 18.7. The number of sulfonamides is 1. The van der Waals surface area contributed by atoms with Crippen LogP contribution in [0.1, 0.15) is 10.4 Å². The van der Waals surface area contributed by atoms with Crippen molar-refractivity contribution in [2.75, 3.05) is 17.1 Å². The average Bonchev–Trinajstić information content (AvgIpc) is 2.85. The highest BCUT2D eigenvalue weighted by molar-refractivity contribution is 7.92. The highest BCUT2D eigenvalue weighted by atomic mass is 32.2. The molecule has 1 aromatic heterocycles. The third-order valence-corrected chi connectivity index (χ3v) is 6.15. The number of amides is 1. The SMILES string of the molecule is COc1ccc(NC(=O)c2cnc(-c3ccccc3)nc2)cc1NS(=O)(=O)c1ccc(F)cc1. The first kappa shape index (κ1) is 22.9. The van der Waals surface area contributed by atoms with Crippen molar-refractivity contribution in [2.45, 2.75) is 4.90 Å². The molecule has 0 radical (unpaired) electrons. The van der Waals surface area contributed by atoms with Crippen LogP contribution in [0.2, 0.25) is 0 Å². The van der Waals surface area contributed by atoms with Gasteiger partial charge in [0, 0.05) is 23.6 Å². The highest BCUT2D eigenvalue weighted by Crippen LogP contribution is 2.30. The van der Waals surface area contributed by atoms with Gasteiger partial charge in [-0.15, -0.1) is 0 Å². The van der Waals surface area contributed by atoms with E-state index in [0.29, 0.717) is 11.5 Å². The molecule has 4 aromatic rings. The van der Waals surface area contributed by atoms with Crippen LogP contribution in [0.3, 0.4) is 0 Å². The van der Waals surface area contributed by atoms with E-state index in [2.05, 4.69) is 20.0 Å². The van der Waals surface area contributed by atoms with Gasteiger partial charge < -0.3 is 10.1 Å². The molecule has 34 heavy (non-hydrogen) atoms. The van der Waals surface area contributed by atoms with Crippen molar-refractivity contribution in [1.82, 2.24) is 9.97 Å². The number of methoxy groups -OCH3 is 1. The Bertz CT molecular complexity index is 1410. The predicted molar refractivity (Wildman–Crippen MR) is 126 cm³/mol. The zero-order chi connectivity index (χ0) is 24.1. The molecular formula is C24H19FN4O4S. The monoisotopic (exact) mass is 478 g/mol. The van der Waals surface area contributed by atoms with Crippen LogP contribution in [-0.2, 0) is 10.0 Å². The largest absolute Gasteiger partial charge is 0.495 e. The van der Waals surface area contributed by atoms with Crippen LogP contribution >= 0.6 is 0 Å². The van der Waals surface area contributed by atoms with E-state index >= 15 is 0 Å². The number of carbonyl (C=O) groups is 1. The minimum atomic E-state index is -4.02. The number of ether oxygens (including phenoxy) is 1. The molecule has 0 bridgehead atoms. The fourth-order valence-corrected chi connectivity index (χ4v) is 4.13. The molecule has 0 aliphatic rings. The van der Waals surface area contributed by atoms with Gasteiger partial charge in [0.1, 0.15) is 11.6 Å². The third-order valence-electron chi connectivity index (χ3n) is 4.77. The Kier molecular flexibility index (Phi) is 6.51. The summed E-state index contributed by atoms with van der Waals surface area (Å²) in [6.45, 7) is 0. The molecule has 172 valence electrons. The van der Waals surface area contributed by atoms with Crippen molar-refractivity contribution >= 4 is 27.3 Å². The molecule has 3 aromatic carbocycles. The van der Waals surface area contributed by atoms with E-state index in [0.717, 1.165) is 29.8 Å². The summed E-state index contributed by atoms with van der Waals surface area (Å²) in [7, 11) is -2.64. The maximum atomic E-state index is 13.2. The van der Waals surface area contributed by atoms with Gasteiger partial charge in [0.15, 0.2) is 5.82 Å². The van der Waals surface area contributed by atoms with Crippen molar-refractivity contribution in [3.8, 4) is 17.1 Å². The van der Waals surface area contributed by atoms with Crippen LogP contribution in [-0.4, -0.2) is 31.4 Å². The number of hydrogen-bond acceptors (Lipinski definition) is 6. The number of halogens is 1. The molecule has 0 unspecified atom stereocenters. The Hall–Kier alpha value is -4.31. The first-order valence-corrected chi connectivity index (χ1v) is 11.5. The number of benzene rings is 3. The van der Waals surface area contributed by atoms with Gasteiger partial charge in [0.2, 0.25) is 0 Å². The summed E-state index contributed by atoms with van der Waals surface area (Å²) in [5, 5.41) is 2.68. The molecular weight excluding hydrogens is 459 g/mol. The Morgan fingerprint density at radius 2 is 1.62 bits per heavy atom. The second-order valence-electron chi connectivity index (χ2n) is 7.09. The lowest BCUT2D eigenvalue weighted by Crippen LogP contribution is -2.15. The molecule has 10 heteroatoms. The summed E-state index contributed by atoms with van der Waals surface area (Å²) in [5.41, 5.74) is 1.46. The quantitative estimate of drug-likeness (QED) is 0.409. The van der Waals surface area contributed by atoms with Gasteiger partial charge in [-0.3, -0.25) is 9.52 Å². The molecule has 0 aliphatic carbocycles. The van der Waals surface area contributed by atoms with Crippen LogP contribution in [0.5, 0.6) is 5.75 Å². The predicted octanol–water partition coefficient (Wildman–Crippen LogP) is 4.34. The number of rotatable bonds is 7. The lowest BCUT2D eigenvalue weighted by molar-refractivity contribution is 0.102. The number of aromatic nitrogens is 2. The van der Waals surface area contributed by atoms with Crippen molar-refractivity contribution in [3.05, 3.63) is 96.6 Å². The third kappa shape index (κ3) is 5.18. The minimum absolute atomic E-state index is 0.0975. The molecule has 0 saturated heterocycles. The van der Waals surface area contributed by atoms with Gasteiger partial charge >= 0.3 is 0 Å². The summed E-state index contributed by atoms with van der Waals surface area (Å²) in [6.07, 6.45) is 2.82. The molecule has 2 N–H and O–H groups in total. The smallest absolute Gasteiger partial charge is 0.262 e. The van der Waals surface area contributed by atoms with Gasteiger partial charge in [-0.05, 0) is 42.5 Å². The van der Waals surface area contributed by atoms with Crippen LogP contribution in [0, 0.1) is 5.82 Å². The van der Waals surface area contributed by atoms with E-state index < -0.39 is 21.7 Å².